The minimum atomic E-state index is -3.93. The zero-order valence-corrected chi connectivity index (χ0v) is 33.3. The monoisotopic (exact) mass is 778 g/mol. The predicted molar refractivity (Wildman–Crippen MR) is 242 cm³/mol. The van der Waals surface area contributed by atoms with Crippen molar-refractivity contribution in [1.29, 1.82) is 0 Å². The van der Waals surface area contributed by atoms with Gasteiger partial charge in [0.15, 0.2) is 14.3 Å². The van der Waals surface area contributed by atoms with Crippen molar-refractivity contribution in [3.8, 4) is 22.3 Å². The summed E-state index contributed by atoms with van der Waals surface area (Å²) < 4.78 is 34.5. The summed E-state index contributed by atoms with van der Waals surface area (Å²) in [5, 5.41) is 3.19. The predicted octanol–water partition coefficient (Wildman–Crippen LogP) is 12.2. The molecule has 8 aromatic carbocycles. The summed E-state index contributed by atoms with van der Waals surface area (Å²) in [6.07, 6.45) is 0. The van der Waals surface area contributed by atoms with Gasteiger partial charge in [0.05, 0.1) is 10.6 Å². The second-order valence-electron chi connectivity index (χ2n) is 14.4. The lowest BCUT2D eigenvalue weighted by Gasteiger charge is -2.28. The smallest absolute Gasteiger partial charge is 0.179 e. The molecule has 2 aliphatic carbocycles. The first-order chi connectivity index (χ1) is 28.6. The Hall–Kier alpha value is -6.74. The molecular formula is C54H36O2P2. The quantitative estimate of drug-likeness (QED) is 0.0917. The van der Waals surface area contributed by atoms with E-state index >= 15 is 9.13 Å². The highest BCUT2D eigenvalue weighted by molar-refractivity contribution is 7.87. The molecule has 0 spiro atoms. The van der Waals surface area contributed by atoms with E-state index in [1.807, 2.05) is 170 Å². The molecule has 0 bridgehead atoms. The Morgan fingerprint density at radius 1 is 0.259 bits per heavy atom. The molecule has 0 aliphatic heterocycles. The Labute approximate surface area is 339 Å². The van der Waals surface area contributed by atoms with Crippen molar-refractivity contribution in [2.75, 3.05) is 0 Å². The van der Waals surface area contributed by atoms with Crippen molar-refractivity contribution < 1.29 is 9.13 Å². The largest absolute Gasteiger partial charge is 0.308 e. The summed E-state index contributed by atoms with van der Waals surface area (Å²) >= 11 is 0. The lowest BCUT2D eigenvalue weighted by Crippen LogP contribution is -2.22. The summed E-state index contributed by atoms with van der Waals surface area (Å²) in [4.78, 5) is 0. The minimum absolute atomic E-state index is 0.358. The fourth-order valence-electron chi connectivity index (χ4n) is 8.48. The Morgan fingerprint density at radius 3 is 0.672 bits per heavy atom. The second kappa shape index (κ2) is 14.6. The number of allylic oxidation sites excluding steroid dienone is 2. The van der Waals surface area contributed by atoms with Crippen LogP contribution in [0.25, 0.3) is 33.4 Å². The van der Waals surface area contributed by atoms with Crippen LogP contribution in [0.15, 0.2) is 240 Å². The maximum atomic E-state index is 17.2. The summed E-state index contributed by atoms with van der Waals surface area (Å²) in [6.45, 7) is 0. The van der Waals surface area contributed by atoms with Crippen molar-refractivity contribution >= 4 is 46.6 Å². The molecular weight excluding hydrogens is 743 g/mol. The molecule has 274 valence electrons. The number of benzene rings is 8. The van der Waals surface area contributed by atoms with Gasteiger partial charge in [-0.3, -0.25) is 0 Å². The topological polar surface area (TPSA) is 34.1 Å². The summed E-state index contributed by atoms with van der Waals surface area (Å²) in [7, 11) is -7.86. The number of rotatable bonds is 7. The lowest BCUT2D eigenvalue weighted by molar-refractivity contribution is 0.587. The molecule has 0 atom stereocenters. The van der Waals surface area contributed by atoms with Crippen LogP contribution in [-0.2, 0) is 9.13 Å². The van der Waals surface area contributed by atoms with Crippen LogP contribution in [-0.4, -0.2) is 0 Å². The molecule has 4 heteroatoms. The number of hydrogen-bond acceptors (Lipinski definition) is 2. The molecule has 0 unspecified atom stereocenters. The third kappa shape index (κ3) is 5.75. The van der Waals surface area contributed by atoms with E-state index in [4.69, 9.17) is 0 Å². The molecule has 0 radical (unpaired) electrons. The van der Waals surface area contributed by atoms with Gasteiger partial charge in [-0.1, -0.05) is 230 Å². The third-order valence-corrected chi connectivity index (χ3v) is 17.4. The molecule has 0 saturated carbocycles. The zero-order valence-electron chi connectivity index (χ0n) is 31.5. The van der Waals surface area contributed by atoms with Crippen molar-refractivity contribution in [3.05, 3.63) is 263 Å². The Morgan fingerprint density at radius 2 is 0.448 bits per heavy atom. The average molecular weight is 779 g/mol. The van der Waals surface area contributed by atoms with Crippen LogP contribution in [0.2, 0.25) is 0 Å². The van der Waals surface area contributed by atoms with E-state index < -0.39 is 14.3 Å². The van der Waals surface area contributed by atoms with Gasteiger partial charge in [0.25, 0.3) is 0 Å². The normalized spacial score (nSPS) is 12.4. The van der Waals surface area contributed by atoms with E-state index in [0.717, 1.165) is 55.7 Å². The first kappa shape index (κ1) is 35.7. The van der Waals surface area contributed by atoms with Crippen molar-refractivity contribution in [1.82, 2.24) is 0 Å². The standard InChI is InChI=1S/C54H36O2P2/c55-57(39-21-5-1-6-22-39,40-23-7-2-8-24-40)53(37-51-47-33-17-13-29-43(47)44-30-14-18-34-48(44)51)54(58(56,41-25-9-3-10-26-41)42-27-11-4-12-28-42)38-52-49-35-19-15-31-45(49)46-32-16-20-36-50(46)52/h1-36H. The fourth-order valence-corrected chi connectivity index (χ4v) is 14.6. The highest BCUT2D eigenvalue weighted by Crippen LogP contribution is 2.66. The van der Waals surface area contributed by atoms with E-state index in [9.17, 15) is 0 Å². The second-order valence-corrected chi connectivity index (χ2v) is 19.8. The zero-order chi connectivity index (χ0) is 39.1. The molecule has 0 heterocycles. The van der Waals surface area contributed by atoms with Crippen LogP contribution in [0.1, 0.15) is 22.3 Å². The molecule has 0 saturated heterocycles. The Kier molecular flexibility index (Phi) is 9.00. The Balaban J connectivity index is 1.49. The average Bonchev–Trinajstić information content (AvgIpc) is 3.80. The van der Waals surface area contributed by atoms with E-state index in [1.54, 1.807) is 0 Å². The van der Waals surface area contributed by atoms with Crippen LogP contribution >= 0.6 is 14.3 Å². The summed E-state index contributed by atoms with van der Waals surface area (Å²) in [5.41, 5.74) is 17.7. The molecule has 2 nitrogen and oxygen atoms in total. The van der Waals surface area contributed by atoms with Gasteiger partial charge in [-0.2, -0.15) is 0 Å². The lowest BCUT2D eigenvalue weighted by atomic mass is 10.0. The van der Waals surface area contributed by atoms with E-state index in [2.05, 4.69) is 60.0 Å². The first-order valence-corrected chi connectivity index (χ1v) is 22.8. The van der Waals surface area contributed by atoms with Crippen LogP contribution < -0.4 is 21.2 Å². The Bertz CT molecular complexity index is 2720. The SMILES string of the molecule is O=P(C(=C=C1c2ccccc2-c2ccccc21)C(=C=C1c2ccccc2-c2ccccc21)P(=O)(c1ccccc1)c1ccccc1)(c1ccccc1)c1ccccc1. The molecule has 0 N–H and O–H groups in total. The molecule has 2 aliphatic rings. The maximum Gasteiger partial charge on any atom is 0.179 e. The van der Waals surface area contributed by atoms with Crippen LogP contribution in [0, 0.1) is 0 Å². The third-order valence-electron chi connectivity index (χ3n) is 11.2. The van der Waals surface area contributed by atoms with Gasteiger partial charge in [0, 0.05) is 32.4 Å². The molecule has 0 fully saturated rings. The van der Waals surface area contributed by atoms with E-state index in [0.29, 0.717) is 31.8 Å². The highest BCUT2D eigenvalue weighted by Gasteiger charge is 2.44. The van der Waals surface area contributed by atoms with Gasteiger partial charge in [-0.25, -0.2) is 0 Å². The van der Waals surface area contributed by atoms with Crippen molar-refractivity contribution in [2.45, 2.75) is 0 Å². The molecule has 10 rings (SSSR count). The van der Waals surface area contributed by atoms with E-state index in [1.165, 1.54) is 0 Å². The van der Waals surface area contributed by atoms with Gasteiger partial charge < -0.3 is 9.13 Å². The molecule has 8 aromatic rings. The number of fused-ring (bicyclic) bond motifs is 6. The van der Waals surface area contributed by atoms with E-state index in [-0.39, 0.29) is 0 Å². The van der Waals surface area contributed by atoms with Crippen molar-refractivity contribution in [3.63, 3.8) is 0 Å². The highest BCUT2D eigenvalue weighted by atomic mass is 31.2. The minimum Gasteiger partial charge on any atom is -0.308 e. The van der Waals surface area contributed by atoms with Crippen LogP contribution in [0.4, 0.5) is 0 Å². The molecule has 58 heavy (non-hydrogen) atoms. The maximum absolute atomic E-state index is 17.2. The van der Waals surface area contributed by atoms with Gasteiger partial charge >= 0.3 is 0 Å². The summed E-state index contributed by atoms with van der Waals surface area (Å²) in [6, 6.07) is 71.8. The molecule has 0 aromatic heterocycles. The van der Waals surface area contributed by atoms with Crippen molar-refractivity contribution in [2.24, 2.45) is 0 Å². The summed E-state index contributed by atoms with van der Waals surface area (Å²) in [5.74, 6) is 0. The molecule has 0 amide bonds. The van der Waals surface area contributed by atoms with Gasteiger partial charge in [0.1, 0.15) is 0 Å². The van der Waals surface area contributed by atoms with Gasteiger partial charge in [0.2, 0.25) is 0 Å². The fraction of sp³-hybridized carbons (Fsp3) is 0. The van der Waals surface area contributed by atoms with Gasteiger partial charge in [-0.15, -0.1) is 0 Å². The number of hydrogen-bond donors (Lipinski definition) is 0. The van der Waals surface area contributed by atoms with Crippen LogP contribution in [0.3, 0.4) is 0 Å². The first-order valence-electron chi connectivity index (χ1n) is 19.4. The van der Waals surface area contributed by atoms with Crippen LogP contribution in [0.5, 0.6) is 0 Å². The van der Waals surface area contributed by atoms with Gasteiger partial charge in [-0.05, 0) is 44.5 Å².